The molecular formula is C12H16N2O4S. The Morgan fingerprint density at radius 3 is 2.58 bits per heavy atom. The fourth-order valence-corrected chi connectivity index (χ4v) is 4.03. The molecule has 0 amide bonds. The Morgan fingerprint density at radius 2 is 2.00 bits per heavy atom. The van der Waals surface area contributed by atoms with Crippen LogP contribution >= 0.6 is 0 Å². The second-order valence-corrected chi connectivity index (χ2v) is 6.78. The van der Waals surface area contributed by atoms with E-state index in [2.05, 4.69) is 0 Å². The molecule has 6 nitrogen and oxygen atoms in total. The van der Waals surface area contributed by atoms with E-state index in [0.29, 0.717) is 24.5 Å². The summed E-state index contributed by atoms with van der Waals surface area (Å²) in [5.41, 5.74) is 6.12. The molecule has 0 spiro atoms. The van der Waals surface area contributed by atoms with Gasteiger partial charge in [-0.2, -0.15) is 4.31 Å². The van der Waals surface area contributed by atoms with Gasteiger partial charge >= 0.3 is 0 Å². The third-order valence-electron chi connectivity index (χ3n) is 3.57. The first kappa shape index (κ1) is 12.7. The zero-order valence-electron chi connectivity index (χ0n) is 10.6. The standard InChI is InChI=1S/C12H16N2O4S/c1-17-12-5-10(2-3-11(12)13)19(15,16)14-6-8-4-9(7-14)18-8/h2-3,5,8-9H,4,6-7,13H2,1H3. The molecule has 2 unspecified atom stereocenters. The van der Waals surface area contributed by atoms with E-state index in [1.54, 1.807) is 6.07 Å². The smallest absolute Gasteiger partial charge is 0.243 e. The lowest BCUT2D eigenvalue weighted by molar-refractivity contribution is -0.164. The second kappa shape index (κ2) is 4.36. The molecule has 3 heterocycles. The highest BCUT2D eigenvalue weighted by atomic mass is 32.2. The fourth-order valence-electron chi connectivity index (χ4n) is 2.52. The van der Waals surface area contributed by atoms with Gasteiger partial charge in [0, 0.05) is 25.6 Å². The van der Waals surface area contributed by atoms with Crippen molar-refractivity contribution in [1.82, 2.24) is 4.31 Å². The van der Waals surface area contributed by atoms with E-state index in [1.165, 1.54) is 23.5 Å². The van der Waals surface area contributed by atoms with Gasteiger partial charge in [-0.15, -0.1) is 0 Å². The van der Waals surface area contributed by atoms with Crippen molar-refractivity contribution >= 4 is 15.7 Å². The minimum absolute atomic E-state index is 0.0456. The van der Waals surface area contributed by atoms with Crippen LogP contribution in [0.3, 0.4) is 0 Å². The lowest BCUT2D eigenvalue weighted by Gasteiger charge is -2.46. The van der Waals surface area contributed by atoms with Crippen molar-refractivity contribution in [2.45, 2.75) is 23.5 Å². The summed E-state index contributed by atoms with van der Waals surface area (Å²) >= 11 is 0. The van der Waals surface area contributed by atoms with Gasteiger partial charge in [-0.1, -0.05) is 0 Å². The van der Waals surface area contributed by atoms with Crippen molar-refractivity contribution in [3.05, 3.63) is 18.2 Å². The monoisotopic (exact) mass is 284 g/mol. The average molecular weight is 284 g/mol. The van der Waals surface area contributed by atoms with Crippen LogP contribution in [0.4, 0.5) is 5.69 Å². The quantitative estimate of drug-likeness (QED) is 0.814. The van der Waals surface area contributed by atoms with Crippen molar-refractivity contribution in [3.8, 4) is 5.75 Å². The Hall–Kier alpha value is -1.31. The fraction of sp³-hybridized carbons (Fsp3) is 0.500. The summed E-state index contributed by atoms with van der Waals surface area (Å²) in [4.78, 5) is 0.208. The van der Waals surface area contributed by atoms with Gasteiger partial charge in [-0.3, -0.25) is 0 Å². The number of hydrogen-bond acceptors (Lipinski definition) is 5. The Bertz CT molecular complexity index is 586. The highest BCUT2D eigenvalue weighted by Gasteiger charge is 2.43. The average Bonchev–Trinajstić information content (AvgIpc) is 2.38. The molecule has 3 fully saturated rings. The molecule has 7 heteroatoms. The molecular weight excluding hydrogens is 268 g/mol. The van der Waals surface area contributed by atoms with Crippen LogP contribution in [0.5, 0.6) is 5.75 Å². The molecule has 2 atom stereocenters. The number of morpholine rings is 1. The van der Waals surface area contributed by atoms with Gasteiger partial charge in [-0.25, -0.2) is 8.42 Å². The molecule has 0 aliphatic carbocycles. The third kappa shape index (κ3) is 2.07. The topological polar surface area (TPSA) is 81.9 Å². The number of methoxy groups -OCH3 is 1. The lowest BCUT2D eigenvalue weighted by atomic mass is 10.0. The van der Waals surface area contributed by atoms with Crippen LogP contribution in [-0.2, 0) is 14.8 Å². The summed E-state index contributed by atoms with van der Waals surface area (Å²) in [6.07, 6.45) is 1.05. The van der Waals surface area contributed by atoms with Gasteiger partial charge in [-0.05, 0) is 12.1 Å². The highest BCUT2D eigenvalue weighted by Crippen LogP contribution is 2.33. The molecule has 2 bridgehead atoms. The largest absolute Gasteiger partial charge is 0.495 e. The molecule has 1 aromatic carbocycles. The van der Waals surface area contributed by atoms with Gasteiger partial charge in [0.2, 0.25) is 10.0 Å². The van der Waals surface area contributed by atoms with Gasteiger partial charge in [0.05, 0.1) is 29.9 Å². The van der Waals surface area contributed by atoms with E-state index >= 15 is 0 Å². The first-order chi connectivity index (χ1) is 9.00. The summed E-state index contributed by atoms with van der Waals surface area (Å²) in [6.45, 7) is 0.844. The maximum atomic E-state index is 12.5. The first-order valence-electron chi connectivity index (χ1n) is 6.10. The number of hydrogen-bond donors (Lipinski definition) is 1. The van der Waals surface area contributed by atoms with E-state index < -0.39 is 10.0 Å². The van der Waals surface area contributed by atoms with E-state index in [9.17, 15) is 8.42 Å². The Labute approximate surface area is 112 Å². The summed E-state index contributed by atoms with van der Waals surface area (Å²) in [7, 11) is -2.03. The molecule has 19 heavy (non-hydrogen) atoms. The van der Waals surface area contributed by atoms with E-state index in [4.69, 9.17) is 15.2 Å². The minimum atomic E-state index is -3.50. The van der Waals surface area contributed by atoms with E-state index in [-0.39, 0.29) is 17.1 Å². The molecule has 0 aromatic heterocycles. The van der Waals surface area contributed by atoms with Gasteiger partial charge in [0.25, 0.3) is 0 Å². The molecule has 3 aliphatic rings. The summed E-state index contributed by atoms with van der Waals surface area (Å²) in [6, 6.07) is 4.52. The Kier molecular flexibility index (Phi) is 2.92. The van der Waals surface area contributed by atoms with Crippen LogP contribution < -0.4 is 10.5 Å². The zero-order chi connectivity index (χ0) is 13.6. The third-order valence-corrected chi connectivity index (χ3v) is 5.40. The number of rotatable bonds is 3. The van der Waals surface area contributed by atoms with Gasteiger partial charge < -0.3 is 15.2 Å². The molecule has 3 saturated heterocycles. The van der Waals surface area contributed by atoms with Crippen LogP contribution in [0.2, 0.25) is 0 Å². The molecule has 104 valence electrons. The van der Waals surface area contributed by atoms with Gasteiger partial charge in [0.15, 0.2) is 0 Å². The van der Waals surface area contributed by atoms with Crippen molar-refractivity contribution < 1.29 is 17.9 Å². The SMILES string of the molecule is COc1cc(S(=O)(=O)N2CC3CC(C2)O3)ccc1N. The number of nitrogen functional groups attached to an aromatic ring is 1. The summed E-state index contributed by atoms with van der Waals surface area (Å²) in [5.74, 6) is 0.375. The molecule has 4 rings (SSSR count). The number of piperidine rings is 1. The summed E-state index contributed by atoms with van der Waals surface area (Å²) in [5, 5.41) is 0. The van der Waals surface area contributed by atoms with Gasteiger partial charge in [0.1, 0.15) is 5.75 Å². The predicted molar refractivity (Wildman–Crippen MR) is 69.4 cm³/mol. The zero-order valence-corrected chi connectivity index (χ0v) is 11.4. The highest BCUT2D eigenvalue weighted by molar-refractivity contribution is 7.89. The number of sulfonamides is 1. The van der Waals surface area contributed by atoms with Crippen LogP contribution in [0.25, 0.3) is 0 Å². The van der Waals surface area contributed by atoms with Crippen molar-refractivity contribution in [1.29, 1.82) is 0 Å². The van der Waals surface area contributed by atoms with Crippen LogP contribution in [0.1, 0.15) is 6.42 Å². The van der Waals surface area contributed by atoms with E-state index in [1.807, 2.05) is 0 Å². The van der Waals surface area contributed by atoms with Crippen molar-refractivity contribution in [2.75, 3.05) is 25.9 Å². The molecule has 2 N–H and O–H groups in total. The second-order valence-electron chi connectivity index (χ2n) is 4.84. The lowest BCUT2D eigenvalue weighted by Crippen LogP contribution is -2.58. The van der Waals surface area contributed by atoms with E-state index in [0.717, 1.165) is 6.42 Å². The normalized spacial score (nSPS) is 26.8. The van der Waals surface area contributed by atoms with Crippen LogP contribution in [0, 0.1) is 0 Å². The number of benzene rings is 1. The first-order valence-corrected chi connectivity index (χ1v) is 7.54. The number of nitrogens with zero attached hydrogens (tertiary/aromatic N) is 1. The minimum Gasteiger partial charge on any atom is -0.495 e. The molecule has 1 aromatic rings. The summed E-state index contributed by atoms with van der Waals surface area (Å²) < 4.78 is 37.0. The number of fused-ring (bicyclic) bond motifs is 2. The maximum Gasteiger partial charge on any atom is 0.243 e. The Balaban J connectivity index is 1.91. The molecule has 3 aliphatic heterocycles. The van der Waals surface area contributed by atoms with Crippen LogP contribution in [-0.4, -0.2) is 45.1 Å². The van der Waals surface area contributed by atoms with Crippen molar-refractivity contribution in [2.24, 2.45) is 0 Å². The Morgan fingerprint density at radius 1 is 1.37 bits per heavy atom. The number of anilines is 1. The van der Waals surface area contributed by atoms with Crippen LogP contribution in [0.15, 0.2) is 23.1 Å². The molecule has 0 radical (unpaired) electrons. The number of ether oxygens (including phenoxy) is 2. The van der Waals surface area contributed by atoms with Crippen molar-refractivity contribution in [3.63, 3.8) is 0 Å². The number of nitrogens with two attached hydrogens (primary N) is 1. The maximum absolute atomic E-state index is 12.5. The predicted octanol–water partition coefficient (Wildman–Crippen LogP) is 0.439. The molecule has 0 saturated carbocycles.